The van der Waals surface area contributed by atoms with Gasteiger partial charge in [0.15, 0.2) is 0 Å². The van der Waals surface area contributed by atoms with E-state index in [2.05, 4.69) is 87.5 Å². The van der Waals surface area contributed by atoms with Gasteiger partial charge in [-0.1, -0.05) is 49.0 Å². The van der Waals surface area contributed by atoms with E-state index in [4.69, 9.17) is 38.4 Å². The van der Waals surface area contributed by atoms with Gasteiger partial charge in [0.2, 0.25) is 17.7 Å². The van der Waals surface area contributed by atoms with E-state index in [1.807, 2.05) is 0 Å². The second-order valence-electron chi connectivity index (χ2n) is 19.3. The predicted molar refractivity (Wildman–Crippen MR) is 280 cm³/mol. The first-order valence-corrected chi connectivity index (χ1v) is 26.1. The van der Waals surface area contributed by atoms with Gasteiger partial charge in [0.1, 0.15) is 18.5 Å². The molecule has 3 aromatic carbocycles. The Hall–Kier alpha value is -7.06. The number of carbonyl (C=O) groups is 5. The number of nitrogens with one attached hydrogen (secondary N) is 2. The van der Waals surface area contributed by atoms with Gasteiger partial charge in [-0.25, -0.2) is 0 Å². The summed E-state index contributed by atoms with van der Waals surface area (Å²) in [6, 6.07) is 21.1. The molecule has 5 aliphatic heterocycles. The molecular weight excluding hydrogens is 977 g/mol. The van der Waals surface area contributed by atoms with Crippen LogP contribution in [0.15, 0.2) is 73.3 Å². The highest BCUT2D eigenvalue weighted by Gasteiger charge is 2.46. The van der Waals surface area contributed by atoms with E-state index in [0.29, 0.717) is 110 Å². The third-order valence-corrected chi connectivity index (χ3v) is 14.5. The van der Waals surface area contributed by atoms with Gasteiger partial charge in [-0.05, 0) is 56.0 Å². The molecule has 1 aromatic heterocycles. The second-order valence-corrected chi connectivity index (χ2v) is 19.3. The molecule has 9 rings (SSSR count). The van der Waals surface area contributed by atoms with Crippen LogP contribution < -0.4 is 25.2 Å². The minimum absolute atomic E-state index is 0.0128. The van der Waals surface area contributed by atoms with Crippen molar-refractivity contribution in [2.75, 3.05) is 128 Å². The summed E-state index contributed by atoms with van der Waals surface area (Å²) in [6.45, 7) is 11.6. The number of hydrogen-bond donors (Lipinski definition) is 2. The molecule has 402 valence electrons. The summed E-state index contributed by atoms with van der Waals surface area (Å²) < 4.78 is 35.4. The molecule has 4 aromatic rings. The number of rotatable bonds is 25. The Bertz CT molecular complexity index is 2800. The second kappa shape index (κ2) is 25.7. The van der Waals surface area contributed by atoms with Gasteiger partial charge in [-0.15, -0.1) is 0 Å². The average Bonchev–Trinajstić information content (AvgIpc) is 3.97. The summed E-state index contributed by atoms with van der Waals surface area (Å²) in [5, 5.41) is 17.4. The van der Waals surface area contributed by atoms with Crippen LogP contribution in [0.25, 0.3) is 10.8 Å². The van der Waals surface area contributed by atoms with Crippen molar-refractivity contribution >= 4 is 57.5 Å². The third kappa shape index (κ3) is 12.6. The number of aromatic nitrogens is 2. The van der Waals surface area contributed by atoms with Gasteiger partial charge in [0.25, 0.3) is 11.8 Å². The van der Waals surface area contributed by atoms with Gasteiger partial charge >= 0.3 is 6.01 Å². The number of piperidine rings is 1. The van der Waals surface area contributed by atoms with Crippen molar-refractivity contribution in [2.45, 2.75) is 62.9 Å². The van der Waals surface area contributed by atoms with E-state index in [1.165, 1.54) is 16.8 Å². The Morgan fingerprint density at radius 1 is 0.829 bits per heavy atom. The van der Waals surface area contributed by atoms with Crippen LogP contribution in [0.1, 0.15) is 57.7 Å². The first-order valence-electron chi connectivity index (χ1n) is 26.1. The molecular formula is C55H66N10O11. The Morgan fingerprint density at radius 3 is 2.33 bits per heavy atom. The molecule has 4 atom stereocenters. The van der Waals surface area contributed by atoms with Crippen LogP contribution in [0.5, 0.6) is 6.01 Å². The van der Waals surface area contributed by atoms with Crippen molar-refractivity contribution in [3.05, 3.63) is 95.7 Å². The number of fused-ring (bicyclic) bond motifs is 3. The van der Waals surface area contributed by atoms with Crippen LogP contribution in [-0.2, 0) is 51.0 Å². The molecule has 2 N–H and O–H groups in total. The number of hydrogen-bond acceptors (Lipinski definition) is 18. The summed E-state index contributed by atoms with van der Waals surface area (Å²) in [5.74, 6) is -1.57. The number of ether oxygens (including phenoxy) is 6. The number of likely N-dealkylation sites (tertiary alicyclic amines) is 1. The number of nitriles is 1. The molecule has 0 bridgehead atoms. The lowest BCUT2D eigenvalue weighted by atomic mass is 10.0. The first kappa shape index (κ1) is 53.8. The number of anilines is 3. The smallest absolute Gasteiger partial charge is 0.318 e. The molecule has 21 heteroatoms. The van der Waals surface area contributed by atoms with Crippen LogP contribution >= 0.6 is 0 Å². The number of piperazine rings is 1. The molecule has 6 heterocycles. The quantitative estimate of drug-likeness (QED) is 0.0551. The topological polar surface area (TPSA) is 231 Å². The van der Waals surface area contributed by atoms with E-state index in [1.54, 1.807) is 23.1 Å². The van der Waals surface area contributed by atoms with Gasteiger partial charge in [0, 0.05) is 74.1 Å². The number of amides is 5. The Kier molecular flexibility index (Phi) is 18.1. The fourth-order valence-electron chi connectivity index (χ4n) is 10.6. The highest BCUT2D eigenvalue weighted by Crippen LogP contribution is 2.36. The number of nitrogens with zero attached hydrogens (tertiary/aromatic N) is 8. The van der Waals surface area contributed by atoms with Gasteiger partial charge in [-0.3, -0.25) is 39.1 Å². The fourth-order valence-corrected chi connectivity index (χ4v) is 10.6. The maximum atomic E-state index is 13.3. The van der Waals surface area contributed by atoms with Crippen molar-refractivity contribution in [1.29, 1.82) is 5.26 Å². The van der Waals surface area contributed by atoms with E-state index < -0.39 is 29.7 Å². The lowest BCUT2D eigenvalue weighted by Gasteiger charge is -2.42. The summed E-state index contributed by atoms with van der Waals surface area (Å²) >= 11 is 0. The van der Waals surface area contributed by atoms with Crippen LogP contribution in [-0.4, -0.2) is 191 Å². The summed E-state index contributed by atoms with van der Waals surface area (Å²) in [6.07, 6.45) is 3.19. The summed E-state index contributed by atoms with van der Waals surface area (Å²) in [7, 11) is 2.07. The number of imide groups is 2. The molecule has 3 fully saturated rings. The molecule has 5 amide bonds. The van der Waals surface area contributed by atoms with Crippen LogP contribution in [0.3, 0.4) is 0 Å². The summed E-state index contributed by atoms with van der Waals surface area (Å²) in [5.41, 5.74) is 4.01. The van der Waals surface area contributed by atoms with Crippen molar-refractivity contribution in [2.24, 2.45) is 0 Å². The van der Waals surface area contributed by atoms with E-state index >= 15 is 0 Å². The van der Waals surface area contributed by atoms with Crippen LogP contribution in [0.2, 0.25) is 0 Å². The van der Waals surface area contributed by atoms with E-state index in [-0.39, 0.29) is 54.5 Å². The van der Waals surface area contributed by atoms with Crippen molar-refractivity contribution in [3.8, 4) is 12.1 Å². The SMILES string of the molecule is C=CC(=O)N1CCN(c2nc(OC[C@@H]3C[C@@H](OCCOCCOCCOCCOCCNc4cccc5c4C(=O)N(C4CCC(=O)NC4=O)C5=O)CN3C)nc3c2CCN(c2cccc4ccccc24)C3)C[C@@H]1CC#N. The van der Waals surface area contributed by atoms with Crippen LogP contribution in [0, 0.1) is 11.3 Å². The molecule has 1 unspecified atom stereocenters. The summed E-state index contributed by atoms with van der Waals surface area (Å²) in [4.78, 5) is 82.7. The zero-order valence-electron chi connectivity index (χ0n) is 43.0. The minimum atomic E-state index is -1.02. The predicted octanol–water partition coefficient (Wildman–Crippen LogP) is 3.36. The monoisotopic (exact) mass is 1040 g/mol. The van der Waals surface area contributed by atoms with Gasteiger partial charge < -0.3 is 48.4 Å². The molecule has 0 saturated carbocycles. The molecule has 3 saturated heterocycles. The Morgan fingerprint density at radius 2 is 1.57 bits per heavy atom. The molecule has 0 aliphatic carbocycles. The average molecular weight is 1040 g/mol. The normalized spacial score (nSPS) is 20.7. The minimum Gasteiger partial charge on any atom is -0.462 e. The first-order chi connectivity index (χ1) is 37.1. The molecule has 5 aliphatic rings. The zero-order valence-corrected chi connectivity index (χ0v) is 43.0. The lowest BCUT2D eigenvalue weighted by molar-refractivity contribution is -0.136. The Labute approximate surface area is 442 Å². The number of likely N-dealkylation sites (N-methyl/N-ethyl adjacent to an activating group) is 1. The molecule has 0 radical (unpaired) electrons. The van der Waals surface area contributed by atoms with E-state index in [0.717, 1.165) is 53.6 Å². The Balaban J connectivity index is 0.655. The standard InChI is InChI=1S/C55H66N10O11/c1-3-49(67)64-22-21-63(33-38(64)16-18-56)51-42-17-20-62(46-13-6-9-37-8-4-5-10-41(37)46)35-45(42)58-55(60-51)76-36-39-32-40(34-61(39)2)75-31-30-74-29-28-73-27-26-72-25-24-71-23-19-57-44-12-7-11-43-50(44)54(70)65(53(43)69)47-14-15-48(66)59-52(47)68/h3-13,38-40,47,57H,1,14-17,19-36H2,2H3,(H,59,66,68)/t38-,39-,40+,47?/m0/s1. The molecule has 0 spiro atoms. The van der Waals surface area contributed by atoms with Crippen molar-refractivity contribution in [1.82, 2.24) is 30.0 Å². The van der Waals surface area contributed by atoms with Crippen molar-refractivity contribution in [3.63, 3.8) is 0 Å². The zero-order chi connectivity index (χ0) is 53.0. The fraction of sp³-hybridized carbons (Fsp3) is 0.491. The molecule has 21 nitrogen and oxygen atoms in total. The highest BCUT2D eigenvalue weighted by atomic mass is 16.6. The number of carbonyl (C=O) groups excluding carboxylic acids is 5. The number of benzene rings is 3. The highest BCUT2D eigenvalue weighted by molar-refractivity contribution is 6.25. The third-order valence-electron chi connectivity index (χ3n) is 14.5. The maximum absolute atomic E-state index is 13.3. The maximum Gasteiger partial charge on any atom is 0.318 e. The van der Waals surface area contributed by atoms with Gasteiger partial charge in [0.05, 0.1) is 107 Å². The van der Waals surface area contributed by atoms with Crippen LogP contribution in [0.4, 0.5) is 17.2 Å². The largest absolute Gasteiger partial charge is 0.462 e. The molecule has 76 heavy (non-hydrogen) atoms. The lowest BCUT2D eigenvalue weighted by Crippen LogP contribution is -2.55. The van der Waals surface area contributed by atoms with Crippen molar-refractivity contribution < 1.29 is 52.4 Å². The van der Waals surface area contributed by atoms with Gasteiger partial charge in [-0.2, -0.15) is 15.2 Å². The van der Waals surface area contributed by atoms with E-state index in [9.17, 15) is 29.2 Å².